The lowest BCUT2D eigenvalue weighted by molar-refractivity contribution is -0.142. The molecule has 3 heteroatoms. The van der Waals surface area contributed by atoms with E-state index >= 15 is 0 Å². The van der Waals surface area contributed by atoms with Crippen LogP contribution in [0.5, 0.6) is 5.75 Å². The molecule has 1 saturated carbocycles. The second-order valence-electron chi connectivity index (χ2n) is 5.30. The van der Waals surface area contributed by atoms with E-state index in [0.717, 1.165) is 0 Å². The first-order chi connectivity index (χ1) is 7.98. The third-order valence-corrected chi connectivity index (χ3v) is 3.04. The van der Waals surface area contributed by atoms with Gasteiger partial charge in [0.1, 0.15) is 17.5 Å². The number of ether oxygens (including phenoxy) is 1. The minimum Gasteiger partial charge on any atom is -0.426 e. The molecule has 0 bridgehead atoms. The monoisotopic (exact) mass is 232 g/mol. The summed E-state index contributed by atoms with van der Waals surface area (Å²) >= 11 is 0. The minimum absolute atomic E-state index is 0.00377. The highest BCUT2D eigenvalue weighted by Gasteiger charge is 2.42. The Morgan fingerprint density at radius 1 is 1.29 bits per heavy atom. The second-order valence-corrected chi connectivity index (χ2v) is 5.30. The van der Waals surface area contributed by atoms with E-state index in [-0.39, 0.29) is 11.2 Å². The lowest BCUT2D eigenvalue weighted by Gasteiger charge is -2.15. The highest BCUT2D eigenvalue weighted by Crippen LogP contribution is 2.39. The van der Waals surface area contributed by atoms with Crippen molar-refractivity contribution in [3.8, 4) is 5.75 Å². The number of para-hydroxylation sites is 1. The summed E-state index contributed by atoms with van der Waals surface area (Å²) in [5.74, 6) is -0.525. The standard InChI is InChI=1S/C14H16O3/c1-14(2)8-11(12(15)9-14)13(16)17-10-6-4-3-5-7-10/h3-7,11H,8-9H2,1-2H3. The van der Waals surface area contributed by atoms with Crippen LogP contribution in [0.15, 0.2) is 30.3 Å². The van der Waals surface area contributed by atoms with Crippen molar-refractivity contribution < 1.29 is 14.3 Å². The summed E-state index contributed by atoms with van der Waals surface area (Å²) in [7, 11) is 0. The van der Waals surface area contributed by atoms with Gasteiger partial charge in [-0.1, -0.05) is 32.0 Å². The van der Waals surface area contributed by atoms with Crippen molar-refractivity contribution in [1.29, 1.82) is 0 Å². The van der Waals surface area contributed by atoms with Gasteiger partial charge in [-0.3, -0.25) is 9.59 Å². The van der Waals surface area contributed by atoms with Gasteiger partial charge < -0.3 is 4.74 Å². The van der Waals surface area contributed by atoms with Gasteiger partial charge in [-0.25, -0.2) is 0 Å². The Kier molecular flexibility index (Phi) is 3.01. The van der Waals surface area contributed by atoms with Crippen molar-refractivity contribution in [2.75, 3.05) is 0 Å². The van der Waals surface area contributed by atoms with Crippen molar-refractivity contribution in [1.82, 2.24) is 0 Å². The van der Waals surface area contributed by atoms with Crippen molar-refractivity contribution in [2.24, 2.45) is 11.3 Å². The Balaban J connectivity index is 2.05. The van der Waals surface area contributed by atoms with Crippen LogP contribution in [0, 0.1) is 11.3 Å². The van der Waals surface area contributed by atoms with E-state index in [1.54, 1.807) is 24.3 Å². The third-order valence-electron chi connectivity index (χ3n) is 3.04. The topological polar surface area (TPSA) is 43.4 Å². The molecule has 0 spiro atoms. The largest absolute Gasteiger partial charge is 0.426 e. The van der Waals surface area contributed by atoms with Gasteiger partial charge in [-0.05, 0) is 24.0 Å². The van der Waals surface area contributed by atoms with Crippen LogP contribution in [0.2, 0.25) is 0 Å². The number of benzene rings is 1. The highest BCUT2D eigenvalue weighted by atomic mass is 16.5. The lowest BCUT2D eigenvalue weighted by Crippen LogP contribution is -2.24. The number of esters is 1. The summed E-state index contributed by atoms with van der Waals surface area (Å²) in [4.78, 5) is 23.6. The van der Waals surface area contributed by atoms with Gasteiger partial charge in [0.2, 0.25) is 0 Å². The first-order valence-corrected chi connectivity index (χ1v) is 5.77. The van der Waals surface area contributed by atoms with Crippen LogP contribution in [0.25, 0.3) is 0 Å². The minimum atomic E-state index is -0.592. The van der Waals surface area contributed by atoms with E-state index in [1.165, 1.54) is 0 Å². The molecule has 1 aromatic carbocycles. The number of hydrogen-bond acceptors (Lipinski definition) is 3. The van der Waals surface area contributed by atoms with Crippen LogP contribution in [-0.2, 0) is 9.59 Å². The Morgan fingerprint density at radius 2 is 1.94 bits per heavy atom. The Hall–Kier alpha value is -1.64. The third kappa shape index (κ3) is 2.73. The fourth-order valence-corrected chi connectivity index (χ4v) is 2.22. The van der Waals surface area contributed by atoms with E-state index in [9.17, 15) is 9.59 Å². The summed E-state index contributed by atoms with van der Waals surface area (Å²) in [6, 6.07) is 8.86. The predicted molar refractivity (Wildman–Crippen MR) is 63.6 cm³/mol. The molecule has 1 atom stereocenters. The van der Waals surface area contributed by atoms with Gasteiger partial charge in [0.15, 0.2) is 0 Å². The van der Waals surface area contributed by atoms with Crippen LogP contribution in [0.4, 0.5) is 0 Å². The quantitative estimate of drug-likeness (QED) is 0.447. The predicted octanol–water partition coefficient (Wildman–Crippen LogP) is 2.60. The Bertz CT molecular complexity index is 434. The zero-order chi connectivity index (χ0) is 12.5. The fraction of sp³-hybridized carbons (Fsp3) is 0.429. The van der Waals surface area contributed by atoms with Crippen LogP contribution in [0.3, 0.4) is 0 Å². The van der Waals surface area contributed by atoms with Gasteiger partial charge in [0.05, 0.1) is 0 Å². The van der Waals surface area contributed by atoms with Crippen molar-refractivity contribution in [3.05, 3.63) is 30.3 Å². The van der Waals surface area contributed by atoms with Crippen LogP contribution >= 0.6 is 0 Å². The van der Waals surface area contributed by atoms with Crippen molar-refractivity contribution in [3.63, 3.8) is 0 Å². The first-order valence-electron chi connectivity index (χ1n) is 5.77. The van der Waals surface area contributed by atoms with E-state index in [4.69, 9.17) is 4.74 Å². The summed E-state index contributed by atoms with van der Waals surface area (Å²) in [6.07, 6.45) is 1.04. The van der Waals surface area contributed by atoms with Crippen molar-refractivity contribution >= 4 is 11.8 Å². The molecule has 0 radical (unpaired) electrons. The summed E-state index contributed by atoms with van der Waals surface area (Å²) < 4.78 is 5.20. The number of hydrogen-bond donors (Lipinski definition) is 0. The van der Waals surface area contributed by atoms with Gasteiger partial charge in [-0.2, -0.15) is 0 Å². The smallest absolute Gasteiger partial charge is 0.321 e. The molecule has 0 aromatic heterocycles. The maximum atomic E-state index is 11.9. The Morgan fingerprint density at radius 3 is 2.47 bits per heavy atom. The number of rotatable bonds is 2. The Labute approximate surface area is 101 Å². The molecule has 17 heavy (non-hydrogen) atoms. The van der Waals surface area contributed by atoms with E-state index < -0.39 is 11.9 Å². The van der Waals surface area contributed by atoms with E-state index in [1.807, 2.05) is 19.9 Å². The van der Waals surface area contributed by atoms with Gasteiger partial charge in [-0.15, -0.1) is 0 Å². The van der Waals surface area contributed by atoms with Crippen LogP contribution in [0.1, 0.15) is 26.7 Å². The summed E-state index contributed by atoms with van der Waals surface area (Å²) in [6.45, 7) is 4.00. The maximum absolute atomic E-state index is 11.9. The molecular formula is C14H16O3. The zero-order valence-corrected chi connectivity index (χ0v) is 10.1. The molecule has 90 valence electrons. The molecule has 0 heterocycles. The molecule has 0 amide bonds. The second kappa shape index (κ2) is 4.32. The molecule has 0 N–H and O–H groups in total. The summed E-state index contributed by atoms with van der Waals surface area (Å²) in [5.41, 5.74) is -0.0859. The molecule has 0 saturated heterocycles. The molecule has 1 aliphatic rings. The van der Waals surface area contributed by atoms with Crippen molar-refractivity contribution in [2.45, 2.75) is 26.7 Å². The van der Waals surface area contributed by atoms with Gasteiger partial charge >= 0.3 is 5.97 Å². The molecular weight excluding hydrogens is 216 g/mol. The molecule has 1 aliphatic carbocycles. The van der Waals surface area contributed by atoms with Gasteiger partial charge in [0.25, 0.3) is 0 Å². The summed E-state index contributed by atoms with van der Waals surface area (Å²) in [5, 5.41) is 0. The highest BCUT2D eigenvalue weighted by molar-refractivity contribution is 6.01. The molecule has 2 rings (SSSR count). The lowest BCUT2D eigenvalue weighted by atomic mass is 9.91. The maximum Gasteiger partial charge on any atom is 0.321 e. The zero-order valence-electron chi connectivity index (χ0n) is 10.1. The number of carbonyl (C=O) groups is 2. The average molecular weight is 232 g/mol. The number of ketones is 1. The molecule has 1 aromatic rings. The van der Waals surface area contributed by atoms with E-state index in [0.29, 0.717) is 18.6 Å². The molecule has 0 aliphatic heterocycles. The van der Waals surface area contributed by atoms with Gasteiger partial charge in [0, 0.05) is 6.42 Å². The molecule has 3 nitrogen and oxygen atoms in total. The van der Waals surface area contributed by atoms with E-state index in [2.05, 4.69) is 0 Å². The SMILES string of the molecule is CC1(C)CC(=O)C(C(=O)Oc2ccccc2)C1. The van der Waals surface area contributed by atoms with Crippen LogP contribution in [-0.4, -0.2) is 11.8 Å². The van der Waals surface area contributed by atoms with Crippen LogP contribution < -0.4 is 4.74 Å². The number of carbonyl (C=O) groups excluding carboxylic acids is 2. The normalized spacial score (nSPS) is 22.5. The average Bonchev–Trinajstić information content (AvgIpc) is 2.54. The number of Topliss-reactive ketones (excluding diaryl/α,β-unsaturated/α-hetero) is 1. The molecule has 1 fully saturated rings. The first kappa shape index (κ1) is 11.8. The fourth-order valence-electron chi connectivity index (χ4n) is 2.22. The molecule has 1 unspecified atom stereocenters.